The average molecular weight is 207 g/mol. The van der Waals surface area contributed by atoms with Crippen molar-refractivity contribution in [1.29, 1.82) is 0 Å². The van der Waals surface area contributed by atoms with E-state index in [1.54, 1.807) is 12.3 Å². The lowest BCUT2D eigenvalue weighted by atomic mass is 10.3. The molecule has 0 saturated heterocycles. The van der Waals surface area contributed by atoms with E-state index in [2.05, 4.69) is 5.32 Å². The third-order valence-electron chi connectivity index (χ3n) is 1.52. The van der Waals surface area contributed by atoms with E-state index in [1.165, 1.54) is 0 Å². The summed E-state index contributed by atoms with van der Waals surface area (Å²) in [6, 6.07) is 9.79. The van der Waals surface area contributed by atoms with Crippen LogP contribution < -0.4 is 5.32 Å². The Kier molecular flexibility index (Phi) is 4.72. The van der Waals surface area contributed by atoms with Crippen LogP contribution in [0.5, 0.6) is 0 Å². The minimum Gasteiger partial charge on any atom is -0.501 e. The molecule has 0 amide bonds. The van der Waals surface area contributed by atoms with Gasteiger partial charge in [0.25, 0.3) is 0 Å². The third kappa shape index (κ3) is 4.05. The molecule has 0 radical (unpaired) electrons. The molecule has 1 aromatic carbocycles. The highest BCUT2D eigenvalue weighted by atomic mass is 32.1. The van der Waals surface area contributed by atoms with Gasteiger partial charge in [0, 0.05) is 11.8 Å². The number of benzene rings is 1. The first-order valence-electron chi connectivity index (χ1n) is 4.47. The Balaban J connectivity index is 2.42. The van der Waals surface area contributed by atoms with Gasteiger partial charge in [0.15, 0.2) is 0 Å². The molecule has 0 saturated carbocycles. The Hall–Kier alpha value is -1.35. The van der Waals surface area contributed by atoms with Crippen LogP contribution in [0.3, 0.4) is 0 Å². The Bertz CT molecular complexity index is 308. The van der Waals surface area contributed by atoms with Crippen LogP contribution in [0.1, 0.15) is 6.92 Å². The second-order valence-corrected chi connectivity index (χ2v) is 3.05. The molecule has 1 rings (SSSR count). The third-order valence-corrected chi connectivity index (χ3v) is 1.76. The molecule has 1 N–H and O–H groups in total. The van der Waals surface area contributed by atoms with Crippen molar-refractivity contribution in [2.45, 2.75) is 6.92 Å². The summed E-state index contributed by atoms with van der Waals surface area (Å²) in [7, 11) is 0. The van der Waals surface area contributed by atoms with Gasteiger partial charge in [-0.3, -0.25) is 0 Å². The first-order chi connectivity index (χ1) is 6.83. The number of para-hydroxylation sites is 1. The van der Waals surface area contributed by atoms with Gasteiger partial charge in [-0.2, -0.15) is 0 Å². The van der Waals surface area contributed by atoms with Gasteiger partial charge in [0.1, 0.15) is 4.99 Å². The Morgan fingerprint density at radius 3 is 2.79 bits per heavy atom. The molecule has 0 aliphatic rings. The number of nitrogens with one attached hydrogen (secondary N) is 1. The lowest BCUT2D eigenvalue weighted by Crippen LogP contribution is -2.05. The number of hydrogen-bond acceptors (Lipinski definition) is 2. The first kappa shape index (κ1) is 10.7. The summed E-state index contributed by atoms with van der Waals surface area (Å²) < 4.78 is 5.03. The van der Waals surface area contributed by atoms with E-state index in [4.69, 9.17) is 17.0 Å². The van der Waals surface area contributed by atoms with Gasteiger partial charge in [0.05, 0.1) is 12.9 Å². The zero-order valence-corrected chi connectivity index (χ0v) is 8.88. The number of thiocarbonyl (C=S) groups is 1. The average Bonchev–Trinajstić information content (AvgIpc) is 2.20. The Labute approximate surface area is 89.6 Å². The molecule has 0 aliphatic carbocycles. The molecule has 0 heterocycles. The highest BCUT2D eigenvalue weighted by Crippen LogP contribution is 2.05. The van der Waals surface area contributed by atoms with Crippen LogP contribution in [0.4, 0.5) is 5.69 Å². The second kappa shape index (κ2) is 6.16. The molecule has 2 nitrogen and oxygen atoms in total. The van der Waals surface area contributed by atoms with E-state index >= 15 is 0 Å². The standard InChI is InChI=1S/C11H13NOS/c1-2-13-9-8-11(14)12-10-6-4-3-5-7-10/h3-9H,2H2,1H3,(H,12,14)/b9-8+. The van der Waals surface area contributed by atoms with E-state index in [9.17, 15) is 0 Å². The summed E-state index contributed by atoms with van der Waals surface area (Å²) in [5, 5.41) is 3.07. The van der Waals surface area contributed by atoms with Crippen molar-refractivity contribution in [3.8, 4) is 0 Å². The smallest absolute Gasteiger partial charge is 0.106 e. The highest BCUT2D eigenvalue weighted by molar-refractivity contribution is 7.81. The van der Waals surface area contributed by atoms with Crippen molar-refractivity contribution in [2.75, 3.05) is 11.9 Å². The molecule has 0 fully saturated rings. The predicted molar refractivity (Wildman–Crippen MR) is 63.4 cm³/mol. The van der Waals surface area contributed by atoms with Crippen molar-refractivity contribution in [1.82, 2.24) is 0 Å². The van der Waals surface area contributed by atoms with Gasteiger partial charge in [0.2, 0.25) is 0 Å². The number of rotatable bonds is 4. The van der Waals surface area contributed by atoms with Crippen LogP contribution in [0.2, 0.25) is 0 Å². The summed E-state index contributed by atoms with van der Waals surface area (Å²) >= 11 is 5.07. The fourth-order valence-electron chi connectivity index (χ4n) is 0.912. The van der Waals surface area contributed by atoms with Crippen LogP contribution in [-0.4, -0.2) is 11.6 Å². The van der Waals surface area contributed by atoms with Crippen molar-refractivity contribution in [2.24, 2.45) is 0 Å². The Morgan fingerprint density at radius 2 is 2.14 bits per heavy atom. The maximum atomic E-state index is 5.07. The van der Waals surface area contributed by atoms with Gasteiger partial charge in [-0.1, -0.05) is 30.4 Å². The second-order valence-electron chi connectivity index (χ2n) is 2.61. The molecular formula is C11H13NOS. The lowest BCUT2D eigenvalue weighted by molar-refractivity contribution is 0.270. The van der Waals surface area contributed by atoms with Gasteiger partial charge in [-0.05, 0) is 19.1 Å². The zero-order valence-electron chi connectivity index (χ0n) is 8.07. The normalized spacial score (nSPS) is 10.1. The van der Waals surface area contributed by atoms with Gasteiger partial charge in [-0.15, -0.1) is 0 Å². The molecule has 3 heteroatoms. The number of anilines is 1. The number of hydrogen-bond donors (Lipinski definition) is 1. The molecule has 0 unspecified atom stereocenters. The molecule has 0 spiro atoms. The summed E-state index contributed by atoms with van der Waals surface area (Å²) in [4.78, 5) is 0.643. The van der Waals surface area contributed by atoms with Crippen LogP contribution >= 0.6 is 12.2 Å². The number of ether oxygens (including phenoxy) is 1. The fraction of sp³-hybridized carbons (Fsp3) is 0.182. The van der Waals surface area contributed by atoms with Gasteiger partial charge in [-0.25, -0.2) is 0 Å². The van der Waals surface area contributed by atoms with Crippen LogP contribution in [0.25, 0.3) is 0 Å². The summed E-state index contributed by atoms with van der Waals surface area (Å²) in [6.45, 7) is 2.59. The zero-order chi connectivity index (χ0) is 10.2. The first-order valence-corrected chi connectivity index (χ1v) is 4.88. The molecule has 74 valence electrons. The van der Waals surface area contributed by atoms with Crippen molar-refractivity contribution >= 4 is 22.9 Å². The molecule has 0 aromatic heterocycles. The van der Waals surface area contributed by atoms with Crippen molar-refractivity contribution in [3.63, 3.8) is 0 Å². The predicted octanol–water partition coefficient (Wildman–Crippen LogP) is 2.98. The van der Waals surface area contributed by atoms with Gasteiger partial charge >= 0.3 is 0 Å². The highest BCUT2D eigenvalue weighted by Gasteiger charge is 1.91. The molecule has 0 bridgehead atoms. The van der Waals surface area contributed by atoms with Crippen LogP contribution in [-0.2, 0) is 4.74 Å². The minimum absolute atomic E-state index is 0.643. The fourth-order valence-corrected chi connectivity index (χ4v) is 1.08. The SMILES string of the molecule is CCO/C=C/C(=S)Nc1ccccc1. The molecule has 0 atom stereocenters. The molecular weight excluding hydrogens is 194 g/mol. The topological polar surface area (TPSA) is 21.3 Å². The van der Waals surface area contributed by atoms with Crippen LogP contribution in [0, 0.1) is 0 Å². The maximum Gasteiger partial charge on any atom is 0.106 e. The minimum atomic E-state index is 0.643. The van der Waals surface area contributed by atoms with E-state index in [0.717, 1.165) is 5.69 Å². The quantitative estimate of drug-likeness (QED) is 0.466. The van der Waals surface area contributed by atoms with Crippen molar-refractivity contribution < 1.29 is 4.74 Å². The van der Waals surface area contributed by atoms with Gasteiger partial charge < -0.3 is 10.1 Å². The molecule has 0 aliphatic heterocycles. The van der Waals surface area contributed by atoms with E-state index < -0.39 is 0 Å². The maximum absolute atomic E-state index is 5.07. The van der Waals surface area contributed by atoms with Crippen molar-refractivity contribution in [3.05, 3.63) is 42.7 Å². The van der Waals surface area contributed by atoms with E-state index in [-0.39, 0.29) is 0 Å². The molecule has 14 heavy (non-hydrogen) atoms. The van der Waals surface area contributed by atoms with Crippen LogP contribution in [0.15, 0.2) is 42.7 Å². The largest absolute Gasteiger partial charge is 0.501 e. The van der Waals surface area contributed by atoms with E-state index in [0.29, 0.717) is 11.6 Å². The summed E-state index contributed by atoms with van der Waals surface area (Å²) in [6.07, 6.45) is 3.32. The Morgan fingerprint density at radius 1 is 1.43 bits per heavy atom. The summed E-state index contributed by atoms with van der Waals surface area (Å²) in [5.74, 6) is 0. The molecule has 1 aromatic rings. The van der Waals surface area contributed by atoms with E-state index in [1.807, 2.05) is 37.3 Å². The summed E-state index contributed by atoms with van der Waals surface area (Å²) in [5.41, 5.74) is 0.985. The monoisotopic (exact) mass is 207 g/mol. The lowest BCUT2D eigenvalue weighted by Gasteiger charge is -2.02.